The summed E-state index contributed by atoms with van der Waals surface area (Å²) in [5, 5.41) is 48.6. The van der Waals surface area contributed by atoms with Gasteiger partial charge in [0.15, 0.2) is 12.4 Å². The maximum atomic E-state index is 12.4. The van der Waals surface area contributed by atoms with Gasteiger partial charge in [-0.25, -0.2) is 4.79 Å². The summed E-state index contributed by atoms with van der Waals surface area (Å²) in [5.41, 5.74) is 1.00. The molecule has 3 rings (SSSR count). The molecule has 0 amide bonds. The van der Waals surface area contributed by atoms with Crippen LogP contribution in [0.1, 0.15) is 15.9 Å². The summed E-state index contributed by atoms with van der Waals surface area (Å²) in [6.45, 7) is -0.432. The predicted molar refractivity (Wildman–Crippen MR) is 103 cm³/mol. The number of ether oxygens (including phenoxy) is 3. The standard InChI is InChI=1S/C21H24O9/c22-11-16-17(25)18(26)19(30-20(27)13-3-7-15(24)8-4-13)21(29-16)28-10-9-12-1-5-14(23)6-2-12/h1-8,16-19,21-26H,9-11H2. The van der Waals surface area contributed by atoms with Crippen molar-refractivity contribution >= 4 is 5.97 Å². The minimum absolute atomic E-state index is 0.0239. The zero-order valence-electron chi connectivity index (χ0n) is 16.0. The number of hydrogen-bond donors (Lipinski definition) is 5. The molecule has 0 saturated carbocycles. The van der Waals surface area contributed by atoms with Crippen LogP contribution in [0.25, 0.3) is 0 Å². The molecule has 9 heteroatoms. The molecule has 5 atom stereocenters. The maximum Gasteiger partial charge on any atom is 0.338 e. The molecule has 0 spiro atoms. The van der Waals surface area contributed by atoms with E-state index in [9.17, 15) is 30.3 Å². The van der Waals surface area contributed by atoms with E-state index in [2.05, 4.69) is 0 Å². The Balaban J connectivity index is 1.68. The highest BCUT2D eigenvalue weighted by Crippen LogP contribution is 2.26. The molecule has 162 valence electrons. The van der Waals surface area contributed by atoms with E-state index in [0.717, 1.165) is 5.56 Å². The average Bonchev–Trinajstić information content (AvgIpc) is 2.74. The number of carbonyl (C=O) groups excluding carboxylic acids is 1. The summed E-state index contributed by atoms with van der Waals surface area (Å²) in [6, 6.07) is 11.8. The van der Waals surface area contributed by atoms with Crippen molar-refractivity contribution in [2.24, 2.45) is 0 Å². The summed E-state index contributed by atoms with van der Waals surface area (Å²) in [4.78, 5) is 12.4. The molecule has 0 aromatic heterocycles. The second kappa shape index (κ2) is 9.88. The van der Waals surface area contributed by atoms with Crippen LogP contribution in [-0.2, 0) is 20.6 Å². The Morgan fingerprint density at radius 1 is 0.933 bits per heavy atom. The number of esters is 1. The highest BCUT2D eigenvalue weighted by atomic mass is 16.7. The van der Waals surface area contributed by atoms with Crippen molar-refractivity contribution in [3.8, 4) is 11.5 Å². The minimum Gasteiger partial charge on any atom is -0.508 e. The molecular weight excluding hydrogens is 396 g/mol. The Kier molecular flexibility index (Phi) is 7.24. The molecule has 2 aromatic carbocycles. The van der Waals surface area contributed by atoms with Crippen molar-refractivity contribution in [3.63, 3.8) is 0 Å². The zero-order chi connectivity index (χ0) is 21.7. The van der Waals surface area contributed by atoms with Gasteiger partial charge in [-0.1, -0.05) is 12.1 Å². The molecule has 0 radical (unpaired) electrons. The fraction of sp³-hybridized carbons (Fsp3) is 0.381. The second-order valence-electron chi connectivity index (χ2n) is 6.91. The number of hydrogen-bond acceptors (Lipinski definition) is 9. The summed E-state index contributed by atoms with van der Waals surface area (Å²) >= 11 is 0. The topological polar surface area (TPSA) is 146 Å². The number of benzene rings is 2. The van der Waals surface area contributed by atoms with Crippen molar-refractivity contribution in [3.05, 3.63) is 59.7 Å². The van der Waals surface area contributed by atoms with Crippen LogP contribution in [0.2, 0.25) is 0 Å². The summed E-state index contributed by atoms with van der Waals surface area (Å²) in [5.74, 6) is -0.687. The predicted octanol–water partition coefficient (Wildman–Crippen LogP) is 0.321. The molecule has 9 nitrogen and oxygen atoms in total. The number of rotatable bonds is 7. The first kappa shape index (κ1) is 22.0. The molecule has 1 saturated heterocycles. The molecule has 5 unspecified atom stereocenters. The summed E-state index contributed by atoms with van der Waals surface area (Å²) in [7, 11) is 0. The molecule has 1 heterocycles. The zero-order valence-corrected chi connectivity index (χ0v) is 16.0. The van der Waals surface area contributed by atoms with E-state index in [-0.39, 0.29) is 23.7 Å². The van der Waals surface area contributed by atoms with Gasteiger partial charge in [0, 0.05) is 0 Å². The van der Waals surface area contributed by atoms with Gasteiger partial charge < -0.3 is 39.7 Å². The molecule has 30 heavy (non-hydrogen) atoms. The van der Waals surface area contributed by atoms with Gasteiger partial charge in [0.05, 0.1) is 18.8 Å². The van der Waals surface area contributed by atoms with Gasteiger partial charge in [-0.3, -0.25) is 0 Å². The van der Waals surface area contributed by atoms with Gasteiger partial charge in [-0.05, 0) is 48.4 Å². The Morgan fingerprint density at radius 3 is 2.13 bits per heavy atom. The van der Waals surface area contributed by atoms with Gasteiger partial charge in [-0.15, -0.1) is 0 Å². The molecule has 1 fully saturated rings. The number of aromatic hydroxyl groups is 2. The first-order valence-corrected chi connectivity index (χ1v) is 9.41. The van der Waals surface area contributed by atoms with Crippen LogP contribution in [0.5, 0.6) is 11.5 Å². The van der Waals surface area contributed by atoms with Crippen LogP contribution < -0.4 is 0 Å². The van der Waals surface area contributed by atoms with Gasteiger partial charge in [-0.2, -0.15) is 0 Å². The van der Waals surface area contributed by atoms with Gasteiger partial charge in [0.1, 0.15) is 29.8 Å². The average molecular weight is 420 g/mol. The highest BCUT2D eigenvalue weighted by Gasteiger charge is 2.47. The Morgan fingerprint density at radius 2 is 1.53 bits per heavy atom. The van der Waals surface area contributed by atoms with E-state index in [4.69, 9.17) is 14.2 Å². The van der Waals surface area contributed by atoms with Crippen LogP contribution in [-0.4, -0.2) is 75.4 Å². The van der Waals surface area contributed by atoms with Crippen molar-refractivity contribution < 1.29 is 44.5 Å². The van der Waals surface area contributed by atoms with Crippen LogP contribution in [0, 0.1) is 0 Å². The van der Waals surface area contributed by atoms with E-state index in [1.54, 1.807) is 12.1 Å². The summed E-state index contributed by atoms with van der Waals surface area (Å²) in [6.07, 6.45) is -6.26. The maximum absolute atomic E-state index is 12.4. The minimum atomic E-state index is -1.55. The Labute approximate surface area is 172 Å². The molecule has 0 aliphatic carbocycles. The van der Waals surface area contributed by atoms with Crippen LogP contribution in [0.3, 0.4) is 0 Å². The fourth-order valence-corrected chi connectivity index (χ4v) is 3.06. The van der Waals surface area contributed by atoms with Gasteiger partial charge >= 0.3 is 5.97 Å². The van der Waals surface area contributed by atoms with E-state index >= 15 is 0 Å². The quantitative estimate of drug-likeness (QED) is 0.400. The van der Waals surface area contributed by atoms with Crippen LogP contribution in [0.4, 0.5) is 0 Å². The van der Waals surface area contributed by atoms with Crippen LogP contribution in [0.15, 0.2) is 48.5 Å². The van der Waals surface area contributed by atoms with E-state index in [0.29, 0.717) is 6.42 Å². The molecule has 2 aromatic rings. The molecule has 1 aliphatic rings. The highest BCUT2D eigenvalue weighted by molar-refractivity contribution is 5.89. The van der Waals surface area contributed by atoms with Crippen LogP contribution >= 0.6 is 0 Å². The first-order chi connectivity index (χ1) is 14.4. The number of aliphatic hydroxyl groups excluding tert-OH is 3. The number of aliphatic hydroxyl groups is 3. The van der Waals surface area contributed by atoms with E-state index in [1.165, 1.54) is 36.4 Å². The normalized spacial score (nSPS) is 26.3. The monoisotopic (exact) mass is 420 g/mol. The first-order valence-electron chi connectivity index (χ1n) is 9.41. The third kappa shape index (κ3) is 5.26. The lowest BCUT2D eigenvalue weighted by Gasteiger charge is -2.41. The van der Waals surface area contributed by atoms with Gasteiger partial charge in [0.25, 0.3) is 0 Å². The third-order valence-corrected chi connectivity index (χ3v) is 4.78. The fourth-order valence-electron chi connectivity index (χ4n) is 3.06. The lowest BCUT2D eigenvalue weighted by molar-refractivity contribution is -0.299. The van der Waals surface area contributed by atoms with E-state index in [1.807, 2.05) is 0 Å². The number of carbonyl (C=O) groups is 1. The lowest BCUT2D eigenvalue weighted by atomic mass is 9.99. The Hall–Kier alpha value is -2.69. The van der Waals surface area contributed by atoms with Crippen molar-refractivity contribution in [1.82, 2.24) is 0 Å². The molecule has 5 N–H and O–H groups in total. The van der Waals surface area contributed by atoms with E-state index < -0.39 is 43.3 Å². The van der Waals surface area contributed by atoms with Crippen molar-refractivity contribution in [2.75, 3.05) is 13.2 Å². The number of phenols is 2. The SMILES string of the molecule is O=C(OC1C(OCCc2ccc(O)cc2)OC(CO)C(O)C1O)c1ccc(O)cc1. The molecular formula is C21H24O9. The third-order valence-electron chi connectivity index (χ3n) is 4.78. The van der Waals surface area contributed by atoms with Gasteiger partial charge in [0.2, 0.25) is 0 Å². The lowest BCUT2D eigenvalue weighted by Crippen LogP contribution is -2.60. The summed E-state index contributed by atoms with van der Waals surface area (Å²) < 4.78 is 16.5. The Bertz CT molecular complexity index is 821. The van der Waals surface area contributed by atoms with Crippen molar-refractivity contribution in [1.29, 1.82) is 0 Å². The van der Waals surface area contributed by atoms with Crippen molar-refractivity contribution in [2.45, 2.75) is 37.1 Å². The molecule has 0 bridgehead atoms. The number of phenolic OH excluding ortho intramolecular Hbond substituents is 2. The largest absolute Gasteiger partial charge is 0.508 e. The second-order valence-corrected chi connectivity index (χ2v) is 6.91. The molecule has 1 aliphatic heterocycles. The smallest absolute Gasteiger partial charge is 0.338 e.